The van der Waals surface area contributed by atoms with Crippen molar-refractivity contribution in [3.8, 4) is 5.75 Å². The number of benzene rings is 3. The Kier molecular flexibility index (Phi) is 4.02. The smallest absolute Gasteiger partial charge is 0.259 e. The van der Waals surface area contributed by atoms with Crippen LogP contribution in [0.3, 0.4) is 0 Å². The number of para-hydroxylation sites is 1. The van der Waals surface area contributed by atoms with Crippen molar-refractivity contribution in [3.05, 3.63) is 89.2 Å². The van der Waals surface area contributed by atoms with Gasteiger partial charge in [0.2, 0.25) is 0 Å². The average Bonchev–Trinajstić information content (AvgIpc) is 3.06. The minimum absolute atomic E-state index is 0.0707. The van der Waals surface area contributed by atoms with Crippen LogP contribution in [0.1, 0.15) is 27.5 Å². The molecule has 0 bridgehead atoms. The molecule has 0 spiro atoms. The molecule has 0 saturated carbocycles. The Hall–Kier alpha value is -3.38. The Morgan fingerprint density at radius 3 is 2.58 bits per heavy atom. The SMILES string of the molecule is O=C(Nc1ccc2c(c1)C(c1ccc(F)cc1)NN2)c1ccccc1O. The largest absolute Gasteiger partial charge is 0.507 e. The van der Waals surface area contributed by atoms with Crippen LogP contribution in [-0.4, -0.2) is 11.0 Å². The van der Waals surface area contributed by atoms with Gasteiger partial charge in [0, 0.05) is 11.3 Å². The highest BCUT2D eigenvalue weighted by Crippen LogP contribution is 2.35. The van der Waals surface area contributed by atoms with Crippen LogP contribution in [0.25, 0.3) is 0 Å². The topological polar surface area (TPSA) is 73.4 Å². The number of phenolic OH excluding ortho intramolecular Hbond substituents is 1. The van der Waals surface area contributed by atoms with Crippen LogP contribution in [0, 0.1) is 5.82 Å². The normalized spacial score (nSPS) is 15.2. The van der Waals surface area contributed by atoms with E-state index >= 15 is 0 Å². The lowest BCUT2D eigenvalue weighted by atomic mass is 9.98. The van der Waals surface area contributed by atoms with Gasteiger partial charge < -0.3 is 15.8 Å². The predicted molar refractivity (Wildman–Crippen MR) is 97.5 cm³/mol. The van der Waals surface area contributed by atoms with E-state index in [1.807, 2.05) is 12.1 Å². The summed E-state index contributed by atoms with van der Waals surface area (Å²) in [6.07, 6.45) is 0. The molecule has 3 aromatic rings. The lowest BCUT2D eigenvalue weighted by Gasteiger charge is -2.13. The molecule has 0 saturated heterocycles. The fourth-order valence-electron chi connectivity index (χ4n) is 3.00. The summed E-state index contributed by atoms with van der Waals surface area (Å²) in [7, 11) is 0. The number of nitrogens with one attached hydrogen (secondary N) is 3. The van der Waals surface area contributed by atoms with Crippen molar-refractivity contribution in [2.24, 2.45) is 0 Å². The minimum atomic E-state index is -0.389. The lowest BCUT2D eigenvalue weighted by molar-refractivity contribution is 0.102. The first kappa shape index (κ1) is 16.1. The summed E-state index contributed by atoms with van der Waals surface area (Å²) >= 11 is 0. The molecular weight excluding hydrogens is 333 g/mol. The van der Waals surface area contributed by atoms with Crippen LogP contribution >= 0.6 is 0 Å². The van der Waals surface area contributed by atoms with Crippen molar-refractivity contribution in [1.29, 1.82) is 0 Å². The third-order valence-electron chi connectivity index (χ3n) is 4.32. The fourth-order valence-corrected chi connectivity index (χ4v) is 3.00. The van der Waals surface area contributed by atoms with Gasteiger partial charge in [-0.05, 0) is 48.0 Å². The quantitative estimate of drug-likeness (QED) is 0.580. The molecule has 1 aliphatic heterocycles. The monoisotopic (exact) mass is 349 g/mol. The molecule has 0 aromatic heterocycles. The summed E-state index contributed by atoms with van der Waals surface area (Å²) in [6, 6.07) is 18.0. The number of aromatic hydroxyl groups is 1. The van der Waals surface area contributed by atoms with Crippen molar-refractivity contribution >= 4 is 17.3 Å². The van der Waals surface area contributed by atoms with E-state index in [0.29, 0.717) is 5.69 Å². The van der Waals surface area contributed by atoms with Gasteiger partial charge in [0.15, 0.2) is 0 Å². The highest BCUT2D eigenvalue weighted by atomic mass is 19.1. The third kappa shape index (κ3) is 2.98. The zero-order chi connectivity index (χ0) is 18.1. The number of halogens is 1. The third-order valence-corrected chi connectivity index (χ3v) is 4.32. The van der Waals surface area contributed by atoms with Gasteiger partial charge in [-0.15, -0.1) is 0 Å². The molecular formula is C20H16FN3O2. The van der Waals surface area contributed by atoms with Crippen molar-refractivity contribution in [3.63, 3.8) is 0 Å². The molecule has 1 aliphatic rings. The standard InChI is InChI=1S/C20H16FN3O2/c21-13-7-5-12(6-8-13)19-16-11-14(9-10-17(16)23-24-19)22-20(26)15-3-1-2-4-18(15)25/h1-11,19,23-25H,(H,22,26). The molecule has 1 amide bonds. The molecule has 1 heterocycles. The van der Waals surface area contributed by atoms with E-state index in [1.165, 1.54) is 18.2 Å². The molecule has 0 radical (unpaired) electrons. The van der Waals surface area contributed by atoms with Gasteiger partial charge in [-0.25, -0.2) is 9.82 Å². The molecule has 6 heteroatoms. The van der Waals surface area contributed by atoms with Crippen LogP contribution < -0.4 is 16.2 Å². The van der Waals surface area contributed by atoms with Crippen molar-refractivity contribution in [2.45, 2.75) is 6.04 Å². The number of phenols is 1. The number of hydrazine groups is 1. The summed E-state index contributed by atoms with van der Waals surface area (Å²) in [6.45, 7) is 0. The number of rotatable bonds is 3. The average molecular weight is 349 g/mol. The maximum absolute atomic E-state index is 13.2. The molecule has 4 rings (SSSR count). The van der Waals surface area contributed by atoms with Crippen molar-refractivity contribution in [2.75, 3.05) is 10.7 Å². The van der Waals surface area contributed by atoms with Gasteiger partial charge in [-0.1, -0.05) is 24.3 Å². The van der Waals surface area contributed by atoms with Crippen LogP contribution in [0.5, 0.6) is 5.75 Å². The first-order valence-corrected chi connectivity index (χ1v) is 8.12. The van der Waals surface area contributed by atoms with Crippen LogP contribution in [0.15, 0.2) is 66.7 Å². The summed E-state index contributed by atoms with van der Waals surface area (Å²) in [5.41, 5.74) is 9.79. The molecule has 0 fully saturated rings. The van der Waals surface area contributed by atoms with Crippen LogP contribution in [0.4, 0.5) is 15.8 Å². The van der Waals surface area contributed by atoms with Gasteiger partial charge in [-0.3, -0.25) is 4.79 Å². The van der Waals surface area contributed by atoms with Crippen LogP contribution in [-0.2, 0) is 0 Å². The second-order valence-electron chi connectivity index (χ2n) is 6.03. The highest BCUT2D eigenvalue weighted by Gasteiger charge is 2.24. The number of carbonyl (C=O) groups excluding carboxylic acids is 1. The molecule has 4 N–H and O–H groups in total. The summed E-state index contributed by atoms with van der Waals surface area (Å²) in [5, 5.41) is 12.6. The molecule has 1 atom stereocenters. The highest BCUT2D eigenvalue weighted by molar-refractivity contribution is 6.06. The van der Waals surface area contributed by atoms with Crippen molar-refractivity contribution < 1.29 is 14.3 Å². The molecule has 26 heavy (non-hydrogen) atoms. The van der Waals surface area contributed by atoms with E-state index < -0.39 is 0 Å². The number of amides is 1. The summed E-state index contributed by atoms with van der Waals surface area (Å²) in [5.74, 6) is -0.748. The van der Waals surface area contributed by atoms with E-state index in [9.17, 15) is 14.3 Å². The molecule has 130 valence electrons. The van der Waals surface area contributed by atoms with Gasteiger partial charge >= 0.3 is 0 Å². The predicted octanol–water partition coefficient (Wildman–Crippen LogP) is 3.80. The maximum atomic E-state index is 13.2. The Balaban J connectivity index is 1.61. The summed E-state index contributed by atoms with van der Waals surface area (Å²) in [4.78, 5) is 12.4. The Morgan fingerprint density at radius 1 is 1.04 bits per heavy atom. The number of anilines is 2. The molecule has 3 aromatic carbocycles. The van der Waals surface area contributed by atoms with Crippen LogP contribution in [0.2, 0.25) is 0 Å². The Bertz CT molecular complexity index is 973. The van der Waals surface area contributed by atoms with Gasteiger partial charge in [0.25, 0.3) is 5.91 Å². The first-order chi connectivity index (χ1) is 12.6. The van der Waals surface area contributed by atoms with E-state index in [2.05, 4.69) is 16.2 Å². The zero-order valence-electron chi connectivity index (χ0n) is 13.7. The van der Waals surface area contributed by atoms with Gasteiger partial charge in [0.05, 0.1) is 17.3 Å². The molecule has 0 aliphatic carbocycles. The lowest BCUT2D eigenvalue weighted by Crippen LogP contribution is -2.19. The van der Waals surface area contributed by atoms with E-state index in [0.717, 1.165) is 16.8 Å². The minimum Gasteiger partial charge on any atom is -0.507 e. The molecule has 5 nitrogen and oxygen atoms in total. The van der Waals surface area contributed by atoms with Crippen molar-refractivity contribution in [1.82, 2.24) is 5.43 Å². The number of carbonyl (C=O) groups is 1. The van der Waals surface area contributed by atoms with E-state index in [-0.39, 0.29) is 29.1 Å². The number of fused-ring (bicyclic) bond motifs is 1. The zero-order valence-corrected chi connectivity index (χ0v) is 13.7. The van der Waals surface area contributed by atoms with Gasteiger partial charge in [0.1, 0.15) is 11.6 Å². The fraction of sp³-hybridized carbons (Fsp3) is 0.0500. The van der Waals surface area contributed by atoms with Gasteiger partial charge in [-0.2, -0.15) is 0 Å². The second-order valence-corrected chi connectivity index (χ2v) is 6.03. The second kappa shape index (κ2) is 6.50. The number of hydrogen-bond donors (Lipinski definition) is 4. The van der Waals surface area contributed by atoms with E-state index in [4.69, 9.17) is 0 Å². The summed E-state index contributed by atoms with van der Waals surface area (Å²) < 4.78 is 13.2. The maximum Gasteiger partial charge on any atom is 0.259 e. The van der Waals surface area contributed by atoms with E-state index in [1.54, 1.807) is 36.4 Å². The molecule has 1 unspecified atom stereocenters. The Labute approximate surface area is 149 Å². The Morgan fingerprint density at radius 2 is 1.81 bits per heavy atom. The first-order valence-electron chi connectivity index (χ1n) is 8.12. The number of hydrogen-bond acceptors (Lipinski definition) is 4.